The lowest BCUT2D eigenvalue weighted by molar-refractivity contribution is 0.0594. The van der Waals surface area contributed by atoms with E-state index in [0.717, 1.165) is 21.8 Å². The topological polar surface area (TPSA) is 97.2 Å². The lowest BCUT2D eigenvalue weighted by atomic mass is 10.1. The maximum absolute atomic E-state index is 12.2. The number of anilines is 1. The number of carbonyl (C=O) groups is 2. The standard InChI is InChI=1S/C19H15N3O4/c1-10-17-13(9-15(20-10)19(24)25-2)12-8-11(5-6-14(12)22-17)21-18(23)16-4-3-7-26-16/h3-9,22H,1-2H3,(H,21,23). The Hall–Kier alpha value is -3.61. The third-order valence-corrected chi connectivity index (χ3v) is 4.17. The average Bonchev–Trinajstić information content (AvgIpc) is 3.29. The quantitative estimate of drug-likeness (QED) is 0.550. The van der Waals surface area contributed by atoms with E-state index in [1.807, 2.05) is 19.1 Å². The van der Waals surface area contributed by atoms with Gasteiger partial charge in [-0.25, -0.2) is 9.78 Å². The summed E-state index contributed by atoms with van der Waals surface area (Å²) in [6.07, 6.45) is 1.45. The van der Waals surface area contributed by atoms with Crippen LogP contribution in [-0.4, -0.2) is 29.0 Å². The molecule has 3 heterocycles. The molecule has 0 aliphatic heterocycles. The number of aromatic amines is 1. The van der Waals surface area contributed by atoms with Crippen LogP contribution in [0.4, 0.5) is 5.69 Å². The van der Waals surface area contributed by atoms with Crippen LogP contribution in [0.25, 0.3) is 21.8 Å². The van der Waals surface area contributed by atoms with Crippen LogP contribution in [0.3, 0.4) is 0 Å². The molecule has 4 aromatic rings. The molecule has 0 saturated carbocycles. The highest BCUT2D eigenvalue weighted by atomic mass is 16.5. The molecule has 0 bridgehead atoms. The Morgan fingerprint density at radius 2 is 2.04 bits per heavy atom. The second-order valence-electron chi connectivity index (χ2n) is 5.82. The van der Waals surface area contributed by atoms with Gasteiger partial charge < -0.3 is 19.5 Å². The molecular formula is C19H15N3O4. The molecule has 3 aromatic heterocycles. The van der Waals surface area contributed by atoms with Crippen molar-refractivity contribution < 1.29 is 18.7 Å². The van der Waals surface area contributed by atoms with Crippen molar-refractivity contribution in [2.24, 2.45) is 0 Å². The zero-order valence-corrected chi connectivity index (χ0v) is 14.1. The number of fused-ring (bicyclic) bond motifs is 3. The Morgan fingerprint density at radius 3 is 2.77 bits per heavy atom. The molecule has 130 valence electrons. The number of hydrogen-bond donors (Lipinski definition) is 2. The van der Waals surface area contributed by atoms with E-state index in [2.05, 4.69) is 15.3 Å². The first-order valence-electron chi connectivity index (χ1n) is 7.93. The van der Waals surface area contributed by atoms with Crippen LogP contribution in [0, 0.1) is 6.92 Å². The van der Waals surface area contributed by atoms with Gasteiger partial charge in [0.05, 0.1) is 24.6 Å². The number of carbonyl (C=O) groups excluding carboxylic acids is 2. The van der Waals surface area contributed by atoms with E-state index in [1.165, 1.54) is 13.4 Å². The molecule has 0 aliphatic carbocycles. The van der Waals surface area contributed by atoms with Crippen molar-refractivity contribution in [2.45, 2.75) is 6.92 Å². The normalized spacial score (nSPS) is 11.0. The number of nitrogens with one attached hydrogen (secondary N) is 2. The van der Waals surface area contributed by atoms with Crippen LogP contribution in [0.1, 0.15) is 26.7 Å². The summed E-state index contributed by atoms with van der Waals surface area (Å²) in [5.41, 5.74) is 3.27. The zero-order chi connectivity index (χ0) is 18.3. The number of H-pyrrole nitrogens is 1. The summed E-state index contributed by atoms with van der Waals surface area (Å²) in [5.74, 6) is -0.592. The summed E-state index contributed by atoms with van der Waals surface area (Å²) in [5, 5.41) is 4.50. The molecule has 1 aromatic carbocycles. The summed E-state index contributed by atoms with van der Waals surface area (Å²) < 4.78 is 9.87. The molecule has 26 heavy (non-hydrogen) atoms. The van der Waals surface area contributed by atoms with Crippen molar-refractivity contribution >= 4 is 39.4 Å². The fourth-order valence-corrected chi connectivity index (χ4v) is 2.94. The highest BCUT2D eigenvalue weighted by Gasteiger charge is 2.15. The maximum atomic E-state index is 12.2. The summed E-state index contributed by atoms with van der Waals surface area (Å²) in [6, 6.07) is 10.4. The molecule has 4 rings (SSSR count). The van der Waals surface area contributed by atoms with Gasteiger partial charge in [0.15, 0.2) is 5.76 Å². The molecule has 0 atom stereocenters. The predicted molar refractivity (Wildman–Crippen MR) is 96.3 cm³/mol. The molecular weight excluding hydrogens is 334 g/mol. The SMILES string of the molecule is COC(=O)c1cc2c([nH]c3ccc(NC(=O)c4ccco4)cc32)c(C)n1. The molecule has 0 unspecified atom stereocenters. The van der Waals surface area contributed by atoms with Crippen LogP contribution < -0.4 is 5.32 Å². The summed E-state index contributed by atoms with van der Waals surface area (Å²) >= 11 is 0. The Morgan fingerprint density at radius 1 is 1.19 bits per heavy atom. The van der Waals surface area contributed by atoms with Crippen LogP contribution in [0.15, 0.2) is 47.1 Å². The van der Waals surface area contributed by atoms with Crippen molar-refractivity contribution in [1.82, 2.24) is 9.97 Å². The van der Waals surface area contributed by atoms with Crippen LogP contribution in [0.2, 0.25) is 0 Å². The van der Waals surface area contributed by atoms with E-state index in [9.17, 15) is 9.59 Å². The van der Waals surface area contributed by atoms with E-state index in [-0.39, 0.29) is 17.4 Å². The van der Waals surface area contributed by atoms with Crippen molar-refractivity contribution in [3.8, 4) is 0 Å². The Bertz CT molecular complexity index is 1140. The average molecular weight is 349 g/mol. The Kier molecular flexibility index (Phi) is 3.69. The molecule has 7 nitrogen and oxygen atoms in total. The van der Waals surface area contributed by atoms with Gasteiger partial charge in [-0.2, -0.15) is 0 Å². The fourth-order valence-electron chi connectivity index (χ4n) is 2.94. The van der Waals surface area contributed by atoms with Gasteiger partial charge in [-0.15, -0.1) is 0 Å². The molecule has 2 N–H and O–H groups in total. The lowest BCUT2D eigenvalue weighted by Gasteiger charge is -2.04. The van der Waals surface area contributed by atoms with Crippen molar-refractivity contribution in [2.75, 3.05) is 12.4 Å². The zero-order valence-electron chi connectivity index (χ0n) is 14.1. The monoisotopic (exact) mass is 349 g/mol. The molecule has 1 amide bonds. The molecule has 0 fully saturated rings. The van der Waals surface area contributed by atoms with E-state index in [4.69, 9.17) is 9.15 Å². The minimum Gasteiger partial charge on any atom is -0.464 e. The smallest absolute Gasteiger partial charge is 0.356 e. The first-order chi connectivity index (χ1) is 12.6. The summed E-state index contributed by atoms with van der Waals surface area (Å²) in [6.45, 7) is 1.82. The Labute approximate surface area is 148 Å². The van der Waals surface area contributed by atoms with Crippen LogP contribution in [-0.2, 0) is 4.74 Å². The summed E-state index contributed by atoms with van der Waals surface area (Å²) in [7, 11) is 1.32. The van der Waals surface area contributed by atoms with E-state index >= 15 is 0 Å². The molecule has 0 saturated heterocycles. The number of aromatic nitrogens is 2. The number of nitrogens with zero attached hydrogens (tertiary/aromatic N) is 1. The number of furan rings is 1. The second kappa shape index (κ2) is 6.03. The second-order valence-corrected chi connectivity index (χ2v) is 5.82. The number of ether oxygens (including phenoxy) is 1. The first-order valence-corrected chi connectivity index (χ1v) is 7.93. The number of hydrogen-bond acceptors (Lipinski definition) is 5. The minimum absolute atomic E-state index is 0.233. The lowest BCUT2D eigenvalue weighted by Crippen LogP contribution is -2.10. The largest absolute Gasteiger partial charge is 0.464 e. The molecule has 7 heteroatoms. The van der Waals surface area contributed by atoms with Crippen molar-refractivity contribution in [3.63, 3.8) is 0 Å². The number of methoxy groups -OCH3 is 1. The molecule has 0 spiro atoms. The highest BCUT2D eigenvalue weighted by molar-refractivity contribution is 6.11. The first kappa shape index (κ1) is 15.9. The van der Waals surface area contributed by atoms with Gasteiger partial charge in [0.2, 0.25) is 0 Å². The predicted octanol–water partition coefficient (Wildman–Crippen LogP) is 3.66. The van der Waals surface area contributed by atoms with Gasteiger partial charge in [0, 0.05) is 22.0 Å². The number of rotatable bonds is 3. The number of esters is 1. The van der Waals surface area contributed by atoms with Crippen molar-refractivity contribution in [3.05, 3.63) is 59.8 Å². The molecule has 0 radical (unpaired) electrons. The third kappa shape index (κ3) is 2.59. The highest BCUT2D eigenvalue weighted by Crippen LogP contribution is 2.30. The number of pyridine rings is 1. The Balaban J connectivity index is 1.81. The fraction of sp³-hybridized carbons (Fsp3) is 0.105. The van der Waals surface area contributed by atoms with Gasteiger partial charge >= 0.3 is 5.97 Å². The van der Waals surface area contributed by atoms with Crippen LogP contribution in [0.5, 0.6) is 0 Å². The van der Waals surface area contributed by atoms with Gasteiger partial charge in [-0.05, 0) is 43.3 Å². The van der Waals surface area contributed by atoms with Gasteiger partial charge in [0.1, 0.15) is 5.69 Å². The minimum atomic E-state index is -0.494. The number of aryl methyl sites for hydroxylation is 1. The summed E-state index contributed by atoms with van der Waals surface area (Å²) in [4.78, 5) is 31.6. The van der Waals surface area contributed by atoms with Gasteiger partial charge in [-0.1, -0.05) is 0 Å². The van der Waals surface area contributed by atoms with E-state index < -0.39 is 5.97 Å². The maximum Gasteiger partial charge on any atom is 0.356 e. The third-order valence-electron chi connectivity index (χ3n) is 4.17. The van der Waals surface area contributed by atoms with E-state index in [1.54, 1.807) is 24.3 Å². The molecule has 0 aliphatic rings. The van der Waals surface area contributed by atoms with Crippen LogP contribution >= 0.6 is 0 Å². The van der Waals surface area contributed by atoms with Gasteiger partial charge in [-0.3, -0.25) is 4.79 Å². The number of benzene rings is 1. The van der Waals surface area contributed by atoms with Gasteiger partial charge in [0.25, 0.3) is 5.91 Å². The number of amides is 1. The van der Waals surface area contributed by atoms with Crippen molar-refractivity contribution in [1.29, 1.82) is 0 Å². The van der Waals surface area contributed by atoms with E-state index in [0.29, 0.717) is 11.4 Å².